The Morgan fingerprint density at radius 2 is 2.12 bits per heavy atom. The number of carbonyl (C=O) groups excluding carboxylic acids is 1. The molecule has 9 nitrogen and oxygen atoms in total. The minimum absolute atomic E-state index is 0.121. The second-order valence-corrected chi connectivity index (χ2v) is 10.4. The summed E-state index contributed by atoms with van der Waals surface area (Å²) in [4.78, 5) is 21.2. The van der Waals surface area contributed by atoms with E-state index in [4.69, 9.17) is 11.0 Å². The predicted molar refractivity (Wildman–Crippen MR) is 119 cm³/mol. The Hall–Kier alpha value is -3.59. The standard InChI is InChI=1S/C21H21F2N7O2S/c1-13-6-14(8-24)9-26-17(13)18(31)28-16-5-3-4-15(7-16)20(2)12-33(32)27-10-21(22,23)11-30(33)19(25)29-20/h3-7,9H,10-12H2,1-2H3,(H2,25,29)(H,28,31)/t20-,33?/m0/s1. The van der Waals surface area contributed by atoms with Crippen LogP contribution in [0.15, 0.2) is 45.9 Å². The number of guanidine groups is 1. The van der Waals surface area contributed by atoms with Gasteiger partial charge in [0.2, 0.25) is 5.96 Å². The number of anilines is 1. The molecule has 12 heteroatoms. The van der Waals surface area contributed by atoms with Gasteiger partial charge in [0.05, 0.1) is 11.3 Å². The number of halogens is 2. The van der Waals surface area contributed by atoms with E-state index in [-0.39, 0.29) is 17.4 Å². The van der Waals surface area contributed by atoms with Gasteiger partial charge in [-0.2, -0.15) is 5.26 Å². The largest absolute Gasteiger partial charge is 0.369 e. The Morgan fingerprint density at radius 1 is 1.36 bits per heavy atom. The molecule has 3 N–H and O–H groups in total. The van der Waals surface area contributed by atoms with E-state index in [1.54, 1.807) is 44.2 Å². The molecule has 172 valence electrons. The molecule has 2 atom stereocenters. The molecule has 1 unspecified atom stereocenters. The van der Waals surface area contributed by atoms with Crippen molar-refractivity contribution in [2.24, 2.45) is 15.1 Å². The number of fused-ring (bicyclic) bond motifs is 1. The number of alkyl halides is 2. The predicted octanol–water partition coefficient (Wildman–Crippen LogP) is 2.39. The molecule has 1 amide bonds. The second kappa shape index (κ2) is 7.77. The van der Waals surface area contributed by atoms with Crippen molar-refractivity contribution in [1.82, 2.24) is 9.29 Å². The monoisotopic (exact) mass is 473 g/mol. The van der Waals surface area contributed by atoms with E-state index < -0.39 is 40.4 Å². The van der Waals surface area contributed by atoms with Crippen molar-refractivity contribution in [3.8, 4) is 6.07 Å². The number of aliphatic imine (C=N–C) groups is 1. The molecule has 33 heavy (non-hydrogen) atoms. The number of aryl methyl sites for hydroxylation is 1. The lowest BCUT2D eigenvalue weighted by molar-refractivity contribution is -0.000381. The summed E-state index contributed by atoms with van der Waals surface area (Å²) < 4.78 is 45.6. The van der Waals surface area contributed by atoms with Crippen LogP contribution >= 0.6 is 0 Å². The maximum Gasteiger partial charge on any atom is 0.286 e. The summed E-state index contributed by atoms with van der Waals surface area (Å²) in [6.45, 7) is 1.74. The summed E-state index contributed by atoms with van der Waals surface area (Å²) in [5.74, 6) is -3.97. The van der Waals surface area contributed by atoms with Gasteiger partial charge >= 0.3 is 0 Å². The molecule has 3 heterocycles. The number of nitrogens with two attached hydrogens (primary N) is 1. The lowest BCUT2D eigenvalue weighted by Crippen LogP contribution is -2.58. The van der Waals surface area contributed by atoms with Crippen LogP contribution in [-0.2, 0) is 15.5 Å². The molecule has 0 saturated carbocycles. The van der Waals surface area contributed by atoms with Crippen molar-refractivity contribution in [3.63, 3.8) is 0 Å². The number of aromatic nitrogens is 1. The van der Waals surface area contributed by atoms with E-state index in [0.29, 0.717) is 22.4 Å². The van der Waals surface area contributed by atoms with Crippen molar-refractivity contribution in [3.05, 3.63) is 58.9 Å². The van der Waals surface area contributed by atoms with Gasteiger partial charge in [0.25, 0.3) is 11.8 Å². The van der Waals surface area contributed by atoms with Gasteiger partial charge in [-0.15, -0.1) is 0 Å². The zero-order valence-corrected chi connectivity index (χ0v) is 18.7. The van der Waals surface area contributed by atoms with Gasteiger partial charge in [-0.25, -0.2) is 31.6 Å². The van der Waals surface area contributed by atoms with Crippen molar-refractivity contribution in [1.29, 1.82) is 5.26 Å². The van der Waals surface area contributed by atoms with Crippen molar-refractivity contribution in [2.75, 3.05) is 24.2 Å². The van der Waals surface area contributed by atoms with Crippen LogP contribution in [0.5, 0.6) is 0 Å². The first kappa shape index (κ1) is 22.6. The van der Waals surface area contributed by atoms with Crippen LogP contribution in [0.3, 0.4) is 0 Å². The van der Waals surface area contributed by atoms with Crippen molar-refractivity contribution < 1.29 is 17.8 Å². The first-order chi connectivity index (χ1) is 15.4. The van der Waals surface area contributed by atoms with E-state index >= 15 is 0 Å². The Kier molecular flexibility index (Phi) is 5.32. The lowest BCUT2D eigenvalue weighted by atomic mass is 9.94. The van der Waals surface area contributed by atoms with E-state index in [2.05, 4.69) is 19.7 Å². The van der Waals surface area contributed by atoms with Crippen LogP contribution in [0.2, 0.25) is 0 Å². The highest BCUT2D eigenvalue weighted by molar-refractivity contribution is 7.92. The van der Waals surface area contributed by atoms with E-state index in [1.165, 1.54) is 6.20 Å². The fourth-order valence-corrected chi connectivity index (χ4v) is 6.29. The fraction of sp³-hybridized carbons (Fsp3) is 0.333. The summed E-state index contributed by atoms with van der Waals surface area (Å²) in [6.07, 6.45) is 1.32. The third kappa shape index (κ3) is 4.23. The number of hydrogen-bond donors (Lipinski definition) is 2. The van der Waals surface area contributed by atoms with E-state index in [0.717, 1.165) is 4.31 Å². The molecule has 1 aromatic heterocycles. The van der Waals surface area contributed by atoms with E-state index in [1.807, 2.05) is 6.07 Å². The first-order valence-electron chi connectivity index (χ1n) is 9.95. The van der Waals surface area contributed by atoms with Gasteiger partial charge < -0.3 is 11.1 Å². The van der Waals surface area contributed by atoms with Gasteiger partial charge in [0.1, 0.15) is 40.3 Å². The van der Waals surface area contributed by atoms with Gasteiger partial charge in [0.15, 0.2) is 0 Å². The first-order valence-corrected chi connectivity index (χ1v) is 11.6. The second-order valence-electron chi connectivity index (χ2n) is 8.21. The summed E-state index contributed by atoms with van der Waals surface area (Å²) >= 11 is 0. The maximum absolute atomic E-state index is 13.8. The maximum atomic E-state index is 13.8. The fourth-order valence-electron chi connectivity index (χ4n) is 3.83. The quantitative estimate of drug-likeness (QED) is 0.705. The topological polar surface area (TPSA) is 137 Å². The average molecular weight is 474 g/mol. The minimum Gasteiger partial charge on any atom is -0.369 e. The Morgan fingerprint density at radius 3 is 2.82 bits per heavy atom. The summed E-state index contributed by atoms with van der Waals surface area (Å²) in [6, 6.07) is 10.3. The molecule has 0 fully saturated rings. The van der Waals surface area contributed by atoms with Crippen LogP contribution in [-0.4, -0.2) is 50.1 Å². The van der Waals surface area contributed by atoms with Gasteiger partial charge in [-0.3, -0.25) is 4.79 Å². The van der Waals surface area contributed by atoms with Crippen LogP contribution in [0.1, 0.15) is 34.1 Å². The summed E-state index contributed by atoms with van der Waals surface area (Å²) in [7, 11) is -3.20. The lowest BCUT2D eigenvalue weighted by Gasteiger charge is -2.42. The molecule has 2 aliphatic heterocycles. The van der Waals surface area contributed by atoms with Gasteiger partial charge in [0, 0.05) is 11.9 Å². The summed E-state index contributed by atoms with van der Waals surface area (Å²) in [5.41, 5.74) is 6.93. The smallest absolute Gasteiger partial charge is 0.286 e. The molecule has 0 aliphatic carbocycles. The zero-order chi connectivity index (χ0) is 24.0. The normalized spacial score (nSPS) is 25.8. The van der Waals surface area contributed by atoms with E-state index in [9.17, 15) is 17.8 Å². The number of nitrogens with one attached hydrogen (secondary N) is 1. The molecular weight excluding hydrogens is 452 g/mol. The Labute approximate surface area is 189 Å². The summed E-state index contributed by atoms with van der Waals surface area (Å²) in [5, 5.41) is 11.7. The number of pyridine rings is 1. The Bertz CT molecular complexity index is 1340. The molecule has 2 aliphatic rings. The number of nitrogens with zero attached hydrogens (tertiary/aromatic N) is 5. The number of amides is 1. The van der Waals surface area contributed by atoms with Crippen LogP contribution in [0.4, 0.5) is 14.5 Å². The number of benzene rings is 1. The molecule has 4 rings (SSSR count). The van der Waals surface area contributed by atoms with Gasteiger partial charge in [-0.1, -0.05) is 12.1 Å². The number of rotatable bonds is 3. The third-order valence-electron chi connectivity index (χ3n) is 5.47. The number of hydrogen-bond acceptors (Lipinski definition) is 7. The highest BCUT2D eigenvalue weighted by atomic mass is 32.2. The highest BCUT2D eigenvalue weighted by Crippen LogP contribution is 2.37. The van der Waals surface area contributed by atoms with Crippen molar-refractivity contribution in [2.45, 2.75) is 25.3 Å². The SMILES string of the molecule is Cc1cc(C#N)cnc1C(=O)Nc1cccc([C@]2(C)CS3(=O)=NCC(F)(F)CN3C(N)=N2)c1. The third-order valence-corrected chi connectivity index (χ3v) is 7.94. The highest BCUT2D eigenvalue weighted by Gasteiger charge is 2.47. The van der Waals surface area contributed by atoms with Crippen molar-refractivity contribution >= 4 is 27.5 Å². The van der Waals surface area contributed by atoms with Gasteiger partial charge in [-0.05, 0) is 43.2 Å². The minimum atomic E-state index is -3.20. The number of nitriles is 1. The molecular formula is C21H21F2N7O2S. The molecule has 0 radical (unpaired) electrons. The molecule has 2 aromatic rings. The van der Waals surface area contributed by atoms with Crippen LogP contribution in [0, 0.1) is 18.3 Å². The zero-order valence-electron chi connectivity index (χ0n) is 17.9. The van der Waals surface area contributed by atoms with Crippen LogP contribution < -0.4 is 11.1 Å². The van der Waals surface area contributed by atoms with Crippen LogP contribution in [0.25, 0.3) is 0 Å². The Balaban J connectivity index is 1.63. The number of carbonyl (C=O) groups is 1. The molecule has 1 aromatic carbocycles. The molecule has 0 saturated heterocycles. The average Bonchev–Trinajstić information content (AvgIpc) is 2.75. The molecule has 0 bridgehead atoms. The molecule has 0 spiro atoms.